The van der Waals surface area contributed by atoms with E-state index in [-0.39, 0.29) is 11.6 Å². The van der Waals surface area contributed by atoms with Crippen LogP contribution in [-0.4, -0.2) is 28.8 Å². The summed E-state index contributed by atoms with van der Waals surface area (Å²) in [4.78, 5) is 15.0. The predicted molar refractivity (Wildman–Crippen MR) is 85.2 cm³/mol. The summed E-state index contributed by atoms with van der Waals surface area (Å²) in [5.74, 6) is 0. The highest BCUT2D eigenvalue weighted by Crippen LogP contribution is 2.15. The zero-order chi connectivity index (χ0) is 15.9. The highest BCUT2D eigenvalue weighted by atomic mass is 16.6. The number of aromatic nitrogens is 1. The van der Waals surface area contributed by atoms with Gasteiger partial charge in [0.25, 0.3) is 0 Å². The van der Waals surface area contributed by atoms with Gasteiger partial charge in [-0.25, -0.2) is 4.79 Å². The lowest BCUT2D eigenvalue weighted by Crippen LogP contribution is -2.53. The van der Waals surface area contributed by atoms with Crippen LogP contribution in [0.4, 0.5) is 4.79 Å². The number of hydrogen-bond acceptors (Lipinski definition) is 3. The maximum atomic E-state index is 11.8. The summed E-state index contributed by atoms with van der Waals surface area (Å²) in [6.45, 7) is 11.2. The van der Waals surface area contributed by atoms with Crippen LogP contribution in [0.2, 0.25) is 0 Å². The van der Waals surface area contributed by atoms with Crippen LogP contribution in [-0.2, 0) is 11.3 Å². The average Bonchev–Trinajstić information content (AvgIpc) is 2.91. The fourth-order valence-electron chi connectivity index (χ4n) is 2.13. The minimum atomic E-state index is -0.469. The van der Waals surface area contributed by atoms with Crippen molar-refractivity contribution >= 4 is 6.09 Å². The summed E-state index contributed by atoms with van der Waals surface area (Å²) in [6.07, 6.45) is 3.41. The number of rotatable bonds is 7. The van der Waals surface area contributed by atoms with Crippen molar-refractivity contribution in [3.8, 4) is 0 Å². The first-order valence-corrected chi connectivity index (χ1v) is 7.64. The van der Waals surface area contributed by atoms with Crippen molar-refractivity contribution in [2.24, 2.45) is 0 Å². The Morgan fingerprint density at radius 2 is 1.95 bits per heavy atom. The number of H-pyrrole nitrogens is 1. The van der Waals surface area contributed by atoms with Gasteiger partial charge >= 0.3 is 6.09 Å². The number of carbonyl (C=O) groups is 1. The second-order valence-electron chi connectivity index (χ2n) is 6.39. The third-order valence-electron chi connectivity index (χ3n) is 3.64. The Morgan fingerprint density at radius 3 is 2.43 bits per heavy atom. The Hall–Kier alpha value is -1.49. The summed E-state index contributed by atoms with van der Waals surface area (Å²) in [7, 11) is 0. The van der Waals surface area contributed by atoms with Crippen LogP contribution < -0.4 is 10.6 Å². The predicted octanol–water partition coefficient (Wildman–Crippen LogP) is 3.19. The van der Waals surface area contributed by atoms with E-state index < -0.39 is 5.60 Å². The van der Waals surface area contributed by atoms with Gasteiger partial charge in [0.05, 0.1) is 0 Å². The standard InChI is InChI=1S/C16H29N3O2/c1-6-16(7-2,19-11-13-9-8-10-17-13)12-18-14(20)21-15(3,4)5/h8-10,17,19H,6-7,11-12H2,1-5H3,(H,18,20). The van der Waals surface area contributed by atoms with Gasteiger partial charge in [0, 0.05) is 30.5 Å². The summed E-state index contributed by atoms with van der Waals surface area (Å²) < 4.78 is 5.29. The molecule has 0 radical (unpaired) electrons. The Bertz CT molecular complexity index is 417. The molecule has 0 bridgehead atoms. The van der Waals surface area contributed by atoms with Crippen LogP contribution in [0, 0.1) is 0 Å². The first kappa shape index (κ1) is 17.6. The molecular formula is C16H29N3O2. The van der Waals surface area contributed by atoms with E-state index in [1.54, 1.807) is 0 Å². The number of carbonyl (C=O) groups excluding carboxylic acids is 1. The Balaban J connectivity index is 2.53. The maximum absolute atomic E-state index is 11.8. The molecule has 5 nitrogen and oxygen atoms in total. The van der Waals surface area contributed by atoms with Crippen LogP contribution >= 0.6 is 0 Å². The van der Waals surface area contributed by atoms with Crippen molar-refractivity contribution in [1.29, 1.82) is 0 Å². The van der Waals surface area contributed by atoms with Crippen molar-refractivity contribution in [2.75, 3.05) is 6.54 Å². The van der Waals surface area contributed by atoms with Gasteiger partial charge < -0.3 is 20.4 Å². The lowest BCUT2D eigenvalue weighted by molar-refractivity contribution is 0.0507. The Kier molecular flexibility index (Phi) is 6.27. The first-order chi connectivity index (χ1) is 9.80. The van der Waals surface area contributed by atoms with Crippen LogP contribution in [0.15, 0.2) is 18.3 Å². The van der Waals surface area contributed by atoms with Crippen LogP contribution in [0.5, 0.6) is 0 Å². The van der Waals surface area contributed by atoms with Crippen molar-refractivity contribution < 1.29 is 9.53 Å². The van der Waals surface area contributed by atoms with Crippen LogP contribution in [0.1, 0.15) is 53.2 Å². The van der Waals surface area contributed by atoms with Crippen molar-refractivity contribution in [2.45, 2.75) is 65.1 Å². The fourth-order valence-corrected chi connectivity index (χ4v) is 2.13. The van der Waals surface area contributed by atoms with Crippen molar-refractivity contribution in [1.82, 2.24) is 15.6 Å². The molecule has 3 N–H and O–H groups in total. The zero-order valence-corrected chi connectivity index (χ0v) is 13.9. The number of amides is 1. The number of aromatic amines is 1. The molecule has 0 aliphatic rings. The molecule has 0 fully saturated rings. The summed E-state index contributed by atoms with van der Waals surface area (Å²) in [5, 5.41) is 6.43. The normalized spacial score (nSPS) is 12.2. The molecular weight excluding hydrogens is 266 g/mol. The van der Waals surface area contributed by atoms with E-state index in [0.717, 1.165) is 25.1 Å². The zero-order valence-electron chi connectivity index (χ0n) is 13.9. The molecule has 0 aliphatic heterocycles. The number of ether oxygens (including phenoxy) is 1. The second-order valence-corrected chi connectivity index (χ2v) is 6.39. The molecule has 0 saturated carbocycles. The number of hydrogen-bond donors (Lipinski definition) is 3. The van der Waals surface area contributed by atoms with Gasteiger partial charge in [-0.3, -0.25) is 0 Å². The molecule has 120 valence electrons. The minimum Gasteiger partial charge on any atom is -0.444 e. The third-order valence-corrected chi connectivity index (χ3v) is 3.64. The van der Waals surface area contributed by atoms with E-state index in [9.17, 15) is 4.79 Å². The third kappa shape index (κ3) is 6.21. The molecule has 21 heavy (non-hydrogen) atoms. The highest BCUT2D eigenvalue weighted by Gasteiger charge is 2.27. The van der Waals surface area contributed by atoms with E-state index in [1.165, 1.54) is 0 Å². The van der Waals surface area contributed by atoms with Gasteiger partial charge in [0.15, 0.2) is 0 Å². The molecule has 1 rings (SSSR count). The largest absolute Gasteiger partial charge is 0.444 e. The lowest BCUT2D eigenvalue weighted by atomic mass is 9.92. The van der Waals surface area contributed by atoms with Crippen LogP contribution in [0.25, 0.3) is 0 Å². The molecule has 0 saturated heterocycles. The molecule has 1 heterocycles. The van der Waals surface area contributed by atoms with Crippen molar-refractivity contribution in [3.05, 3.63) is 24.0 Å². The topological polar surface area (TPSA) is 66.2 Å². The minimum absolute atomic E-state index is 0.123. The smallest absolute Gasteiger partial charge is 0.407 e. The molecule has 1 aromatic rings. The molecule has 0 unspecified atom stereocenters. The first-order valence-electron chi connectivity index (χ1n) is 7.64. The van der Waals surface area contributed by atoms with Gasteiger partial charge in [-0.1, -0.05) is 13.8 Å². The average molecular weight is 295 g/mol. The van der Waals surface area contributed by atoms with E-state index in [0.29, 0.717) is 6.54 Å². The van der Waals surface area contributed by atoms with Gasteiger partial charge in [-0.15, -0.1) is 0 Å². The molecule has 1 aromatic heterocycles. The monoisotopic (exact) mass is 295 g/mol. The van der Waals surface area contributed by atoms with E-state index in [4.69, 9.17) is 4.74 Å². The van der Waals surface area contributed by atoms with Crippen molar-refractivity contribution in [3.63, 3.8) is 0 Å². The molecule has 0 aromatic carbocycles. The van der Waals surface area contributed by atoms with Gasteiger partial charge in [-0.2, -0.15) is 0 Å². The molecule has 0 aliphatic carbocycles. The quantitative estimate of drug-likeness (QED) is 0.724. The van der Waals surface area contributed by atoms with E-state index in [1.807, 2.05) is 39.1 Å². The summed E-state index contributed by atoms with van der Waals surface area (Å²) >= 11 is 0. The van der Waals surface area contributed by atoms with E-state index >= 15 is 0 Å². The molecule has 5 heteroatoms. The molecule has 1 amide bonds. The summed E-state index contributed by atoms with van der Waals surface area (Å²) in [5.41, 5.74) is 0.545. The molecule has 0 atom stereocenters. The fraction of sp³-hybridized carbons (Fsp3) is 0.688. The Labute approximate surface area is 127 Å². The SMILES string of the molecule is CCC(CC)(CNC(=O)OC(C)(C)C)NCc1ccc[nH]1. The van der Waals surface area contributed by atoms with Gasteiger partial charge in [-0.05, 0) is 45.7 Å². The number of alkyl carbamates (subject to hydrolysis) is 1. The Morgan fingerprint density at radius 1 is 1.29 bits per heavy atom. The maximum Gasteiger partial charge on any atom is 0.407 e. The molecule has 0 spiro atoms. The second kappa shape index (κ2) is 7.50. The highest BCUT2D eigenvalue weighted by molar-refractivity contribution is 5.67. The summed E-state index contributed by atoms with van der Waals surface area (Å²) in [6, 6.07) is 4.03. The van der Waals surface area contributed by atoms with Crippen LogP contribution in [0.3, 0.4) is 0 Å². The lowest BCUT2D eigenvalue weighted by Gasteiger charge is -2.33. The van der Waals surface area contributed by atoms with E-state index in [2.05, 4.69) is 29.5 Å². The van der Waals surface area contributed by atoms with Gasteiger partial charge in [0.2, 0.25) is 0 Å². The number of nitrogens with one attached hydrogen (secondary N) is 3. The van der Waals surface area contributed by atoms with Gasteiger partial charge in [0.1, 0.15) is 5.60 Å².